The van der Waals surface area contributed by atoms with Crippen molar-refractivity contribution in [3.8, 4) is 0 Å². The van der Waals surface area contributed by atoms with Gasteiger partial charge in [-0.15, -0.1) is 0 Å². The van der Waals surface area contributed by atoms with Crippen molar-refractivity contribution < 1.29 is 9.90 Å². The summed E-state index contributed by atoms with van der Waals surface area (Å²) in [5, 5.41) is 13.2. The van der Waals surface area contributed by atoms with Gasteiger partial charge in [0.1, 0.15) is 6.04 Å². The molecule has 0 bridgehead atoms. The number of hydrogen-bond donors (Lipinski definition) is 2. The van der Waals surface area contributed by atoms with Crippen LogP contribution in [0.1, 0.15) is 38.3 Å². The van der Waals surface area contributed by atoms with Crippen molar-refractivity contribution in [2.75, 3.05) is 32.7 Å². The number of carboxylic acid groups (broad SMARTS) is 1. The molecule has 1 atom stereocenters. The van der Waals surface area contributed by atoms with E-state index in [4.69, 9.17) is 12.2 Å². The molecule has 2 heterocycles. The van der Waals surface area contributed by atoms with E-state index in [1.165, 1.54) is 0 Å². The first-order valence-electron chi connectivity index (χ1n) is 13.2. The minimum absolute atomic E-state index is 0.0429. The molecule has 1 aliphatic heterocycles. The smallest absolute Gasteiger partial charge is 0.329 e. The molecule has 0 amide bonds. The molecular formula is C28H37N5O3S. The van der Waals surface area contributed by atoms with Crippen LogP contribution in [0.5, 0.6) is 0 Å². The molecule has 1 unspecified atom stereocenters. The van der Waals surface area contributed by atoms with E-state index in [0.717, 1.165) is 49.1 Å². The number of likely N-dealkylation sites (tertiary alicyclic amines) is 1. The number of nitrogens with one attached hydrogen (secondary N) is 1. The molecule has 0 radical (unpaired) electrons. The normalized spacial score (nSPS) is 15.3. The third-order valence-electron chi connectivity index (χ3n) is 7.40. The number of piperidine rings is 1. The standard InChI is InChI=1S/C28H37N5O3S/c1-3-30(4-2)18-19-32-24-12-8-9-13-25(24)33(28(32)36)22-14-16-31(17-15-22)27(37)29-23(26(34)35)20-21-10-6-5-7-11-21/h5-13,22-23H,3-4,14-20H2,1-2H3,(H,29,37)(H,34,35). The Morgan fingerprint density at radius 2 is 1.68 bits per heavy atom. The molecule has 1 aromatic heterocycles. The number of carboxylic acids is 1. The zero-order chi connectivity index (χ0) is 26.4. The maximum Gasteiger partial charge on any atom is 0.329 e. The summed E-state index contributed by atoms with van der Waals surface area (Å²) in [5.41, 5.74) is 2.94. The topological polar surface area (TPSA) is 82.7 Å². The average Bonchev–Trinajstić information content (AvgIpc) is 3.20. The van der Waals surface area contributed by atoms with Crippen molar-refractivity contribution in [3.63, 3.8) is 0 Å². The van der Waals surface area contributed by atoms with Gasteiger partial charge in [0, 0.05) is 38.6 Å². The summed E-state index contributed by atoms with van der Waals surface area (Å²) in [5.74, 6) is -0.926. The summed E-state index contributed by atoms with van der Waals surface area (Å²) in [4.78, 5) is 29.8. The van der Waals surface area contributed by atoms with Crippen LogP contribution in [0.2, 0.25) is 0 Å². The molecule has 3 aromatic rings. The van der Waals surface area contributed by atoms with Crippen molar-refractivity contribution in [1.29, 1.82) is 0 Å². The van der Waals surface area contributed by atoms with E-state index in [1.807, 2.05) is 68.6 Å². The molecule has 0 aliphatic carbocycles. The Balaban J connectivity index is 1.44. The molecule has 37 heavy (non-hydrogen) atoms. The lowest BCUT2D eigenvalue weighted by Gasteiger charge is -2.35. The number of hydrogen-bond acceptors (Lipinski definition) is 4. The SMILES string of the molecule is CCN(CC)CCn1c(=O)n(C2CCN(C(=S)NC(Cc3ccccc3)C(=O)O)CC2)c2ccccc21. The number of nitrogens with zero attached hydrogens (tertiary/aromatic N) is 4. The molecule has 1 fully saturated rings. The summed E-state index contributed by atoms with van der Waals surface area (Å²) in [6.07, 6.45) is 1.89. The fourth-order valence-corrected chi connectivity index (χ4v) is 5.52. The van der Waals surface area contributed by atoms with Crippen LogP contribution in [0.4, 0.5) is 0 Å². The highest BCUT2D eigenvalue weighted by Gasteiger charge is 2.28. The summed E-state index contributed by atoms with van der Waals surface area (Å²) < 4.78 is 3.87. The Morgan fingerprint density at radius 1 is 1.05 bits per heavy atom. The Hall–Kier alpha value is -3.17. The molecule has 8 nitrogen and oxygen atoms in total. The van der Waals surface area contributed by atoms with Crippen molar-refractivity contribution in [1.82, 2.24) is 24.3 Å². The highest BCUT2D eigenvalue weighted by atomic mass is 32.1. The highest BCUT2D eigenvalue weighted by molar-refractivity contribution is 7.80. The summed E-state index contributed by atoms with van der Waals surface area (Å²) >= 11 is 5.60. The summed E-state index contributed by atoms with van der Waals surface area (Å²) in [6.45, 7) is 9.05. The van der Waals surface area contributed by atoms with Gasteiger partial charge in [-0.3, -0.25) is 9.13 Å². The van der Waals surface area contributed by atoms with E-state index in [-0.39, 0.29) is 11.7 Å². The maximum atomic E-state index is 13.6. The third-order valence-corrected chi connectivity index (χ3v) is 7.77. The number of fused-ring (bicyclic) bond motifs is 1. The predicted molar refractivity (Wildman–Crippen MR) is 151 cm³/mol. The van der Waals surface area contributed by atoms with Crippen LogP contribution in [0.25, 0.3) is 11.0 Å². The van der Waals surface area contributed by atoms with E-state index in [1.54, 1.807) is 0 Å². The number of carbonyl (C=O) groups is 1. The molecule has 0 spiro atoms. The van der Waals surface area contributed by atoms with Gasteiger partial charge in [0.15, 0.2) is 5.11 Å². The van der Waals surface area contributed by atoms with Crippen LogP contribution >= 0.6 is 12.2 Å². The molecule has 198 valence electrons. The van der Waals surface area contributed by atoms with Gasteiger partial charge in [0.05, 0.1) is 11.0 Å². The molecule has 0 saturated carbocycles. The van der Waals surface area contributed by atoms with Crippen molar-refractivity contribution in [2.45, 2.75) is 51.7 Å². The zero-order valence-electron chi connectivity index (χ0n) is 21.7. The quantitative estimate of drug-likeness (QED) is 0.395. The van der Waals surface area contributed by atoms with Gasteiger partial charge in [0.25, 0.3) is 0 Å². The van der Waals surface area contributed by atoms with Crippen LogP contribution in [0, 0.1) is 0 Å². The van der Waals surface area contributed by atoms with Gasteiger partial charge in [-0.25, -0.2) is 9.59 Å². The number of imidazole rings is 1. The molecular weight excluding hydrogens is 486 g/mol. The summed E-state index contributed by atoms with van der Waals surface area (Å²) in [7, 11) is 0. The number of likely N-dealkylation sites (N-methyl/N-ethyl adjacent to an activating group) is 1. The maximum absolute atomic E-state index is 13.6. The van der Waals surface area contributed by atoms with E-state index in [0.29, 0.717) is 31.2 Å². The molecule has 4 rings (SSSR count). The van der Waals surface area contributed by atoms with Crippen LogP contribution in [0.15, 0.2) is 59.4 Å². The second kappa shape index (κ2) is 12.4. The minimum atomic E-state index is -0.926. The largest absolute Gasteiger partial charge is 0.480 e. The number of thiocarbonyl (C=S) groups is 1. The first-order chi connectivity index (χ1) is 17.9. The third kappa shape index (κ3) is 6.22. The lowest BCUT2D eigenvalue weighted by molar-refractivity contribution is -0.139. The van der Waals surface area contributed by atoms with E-state index < -0.39 is 12.0 Å². The Bertz CT molecular complexity index is 1260. The van der Waals surface area contributed by atoms with E-state index in [9.17, 15) is 14.7 Å². The van der Waals surface area contributed by atoms with Crippen molar-refractivity contribution in [3.05, 3.63) is 70.6 Å². The van der Waals surface area contributed by atoms with Gasteiger partial charge in [0.2, 0.25) is 0 Å². The van der Waals surface area contributed by atoms with Crippen LogP contribution in [-0.2, 0) is 17.8 Å². The van der Waals surface area contributed by atoms with Gasteiger partial charge in [-0.05, 0) is 55.8 Å². The second-order valence-corrected chi connectivity index (χ2v) is 9.95. The molecule has 2 aromatic carbocycles. The molecule has 9 heteroatoms. The van der Waals surface area contributed by atoms with Crippen LogP contribution in [0.3, 0.4) is 0 Å². The fraction of sp³-hybridized carbons (Fsp3) is 0.464. The van der Waals surface area contributed by atoms with Gasteiger partial charge >= 0.3 is 11.7 Å². The first-order valence-corrected chi connectivity index (χ1v) is 13.6. The summed E-state index contributed by atoms with van der Waals surface area (Å²) in [6, 6.07) is 16.9. The lowest BCUT2D eigenvalue weighted by atomic mass is 10.0. The highest BCUT2D eigenvalue weighted by Crippen LogP contribution is 2.26. The Morgan fingerprint density at radius 3 is 2.30 bits per heavy atom. The van der Waals surface area contributed by atoms with E-state index in [2.05, 4.69) is 24.1 Å². The number of rotatable bonds is 10. The molecule has 2 N–H and O–H groups in total. The number of aromatic nitrogens is 2. The molecule has 1 aliphatic rings. The van der Waals surface area contributed by atoms with Gasteiger partial charge in [-0.2, -0.15) is 0 Å². The van der Waals surface area contributed by atoms with Crippen molar-refractivity contribution >= 4 is 34.3 Å². The Labute approximate surface area is 223 Å². The predicted octanol–water partition coefficient (Wildman–Crippen LogP) is 3.35. The van der Waals surface area contributed by atoms with Crippen LogP contribution in [-0.4, -0.2) is 73.9 Å². The average molecular weight is 524 g/mol. The monoisotopic (exact) mass is 523 g/mol. The number of para-hydroxylation sites is 2. The number of aliphatic carboxylic acids is 1. The van der Waals surface area contributed by atoms with Gasteiger partial charge < -0.3 is 20.2 Å². The second-order valence-electron chi connectivity index (χ2n) is 9.57. The van der Waals surface area contributed by atoms with E-state index >= 15 is 0 Å². The van der Waals surface area contributed by atoms with Crippen molar-refractivity contribution in [2.24, 2.45) is 0 Å². The van der Waals surface area contributed by atoms with Gasteiger partial charge in [-0.1, -0.05) is 56.3 Å². The number of benzene rings is 2. The fourth-order valence-electron chi connectivity index (χ4n) is 5.20. The minimum Gasteiger partial charge on any atom is -0.480 e. The first kappa shape index (κ1) is 26.9. The molecule has 1 saturated heterocycles. The van der Waals surface area contributed by atoms with Crippen LogP contribution < -0.4 is 11.0 Å². The Kier molecular flexibility index (Phi) is 9.00. The zero-order valence-corrected chi connectivity index (χ0v) is 22.5. The lowest BCUT2D eigenvalue weighted by Crippen LogP contribution is -2.51.